The van der Waals surface area contributed by atoms with Crippen molar-refractivity contribution in [2.24, 2.45) is 12.8 Å². The number of nitrogens with one attached hydrogen (secondary N) is 3. The predicted molar refractivity (Wildman–Crippen MR) is 258 cm³/mol. The number of carbonyl (C=O) groups excluding carboxylic acids is 4. The molecule has 5 N–H and O–H groups in total. The Balaban J connectivity index is 0.777. The molecule has 3 aliphatic rings. The van der Waals surface area contributed by atoms with Crippen LogP contribution in [0.5, 0.6) is 11.5 Å². The lowest BCUT2D eigenvalue weighted by molar-refractivity contribution is -0.134. The highest BCUT2D eigenvalue weighted by atomic mass is 35.5. The van der Waals surface area contributed by atoms with Crippen LogP contribution < -0.4 is 31.2 Å². The van der Waals surface area contributed by atoms with Gasteiger partial charge in [-0.15, -0.1) is 0 Å². The van der Waals surface area contributed by atoms with E-state index < -0.39 is 35.0 Å². The van der Waals surface area contributed by atoms with Gasteiger partial charge in [-0.2, -0.15) is 5.10 Å². The normalized spacial score (nSPS) is 19.5. The molecule has 16 heteroatoms. The summed E-state index contributed by atoms with van der Waals surface area (Å²) in [6.45, 7) is 4.37. The summed E-state index contributed by atoms with van der Waals surface area (Å²) in [4.78, 5) is 52.0. The van der Waals surface area contributed by atoms with Crippen molar-refractivity contribution in [3.05, 3.63) is 106 Å². The molecule has 0 bridgehead atoms. The number of halogens is 3. The van der Waals surface area contributed by atoms with Crippen LogP contribution in [0, 0.1) is 11.6 Å². The smallest absolute Gasteiger partial charge is 0.249 e. The molecule has 3 atom stereocenters. The van der Waals surface area contributed by atoms with Gasteiger partial charge in [-0.05, 0) is 68.0 Å². The number of aryl methyl sites for hydroxylation is 1. The Hall–Kier alpha value is -6.06. The average molecular weight is 953 g/mol. The van der Waals surface area contributed by atoms with Crippen LogP contribution in [0.25, 0.3) is 22.0 Å². The molecular weight excluding hydrogens is 892 g/mol. The zero-order chi connectivity index (χ0) is 48.1. The molecule has 68 heavy (non-hydrogen) atoms. The molecule has 3 aliphatic heterocycles. The highest BCUT2D eigenvalue weighted by Crippen LogP contribution is 2.56. The van der Waals surface area contributed by atoms with Crippen LogP contribution in [0.3, 0.4) is 0 Å². The van der Waals surface area contributed by atoms with Gasteiger partial charge in [0.05, 0.1) is 34.8 Å². The predicted octanol–water partition coefficient (Wildman–Crippen LogP) is 9.00. The number of nitrogens with zero attached hydrogens (tertiary/aromatic N) is 3. The van der Waals surface area contributed by atoms with Gasteiger partial charge >= 0.3 is 0 Å². The van der Waals surface area contributed by atoms with E-state index in [1.165, 1.54) is 25.3 Å². The second-order valence-electron chi connectivity index (χ2n) is 18.3. The van der Waals surface area contributed by atoms with Gasteiger partial charge in [-0.1, -0.05) is 81.0 Å². The molecule has 13 nitrogen and oxygen atoms in total. The van der Waals surface area contributed by atoms with Crippen molar-refractivity contribution in [2.75, 3.05) is 38.6 Å². The van der Waals surface area contributed by atoms with Gasteiger partial charge < -0.3 is 30.7 Å². The lowest BCUT2D eigenvalue weighted by Crippen LogP contribution is -2.50. The number of fused-ring (bicyclic) bond motifs is 2. The van der Waals surface area contributed by atoms with E-state index >= 15 is 8.78 Å². The summed E-state index contributed by atoms with van der Waals surface area (Å²) in [7, 11) is 3.17. The monoisotopic (exact) mass is 951 g/mol. The van der Waals surface area contributed by atoms with Gasteiger partial charge in [0.2, 0.25) is 23.6 Å². The van der Waals surface area contributed by atoms with Gasteiger partial charge in [0, 0.05) is 91.9 Å². The number of nitrogens with two attached hydrogens (primary N) is 1. The fourth-order valence-corrected chi connectivity index (χ4v) is 10.5. The van der Waals surface area contributed by atoms with Crippen molar-refractivity contribution in [1.82, 2.24) is 25.3 Å². The number of hydrogen-bond acceptors (Lipinski definition) is 9. The van der Waals surface area contributed by atoms with Crippen LogP contribution in [0.1, 0.15) is 123 Å². The van der Waals surface area contributed by atoms with E-state index in [0.717, 1.165) is 86.5 Å². The number of hydrogen-bond donors (Lipinski definition) is 4. The maximum atomic E-state index is 16.2. The zero-order valence-corrected chi connectivity index (χ0v) is 39.7. The Bertz CT molecular complexity index is 2690. The minimum Gasteiger partial charge on any atom is -0.494 e. The first-order chi connectivity index (χ1) is 32.8. The van der Waals surface area contributed by atoms with Crippen LogP contribution >= 0.6 is 11.6 Å². The first-order valence-electron chi connectivity index (χ1n) is 23.8. The molecule has 4 amide bonds. The summed E-state index contributed by atoms with van der Waals surface area (Å²) < 4.78 is 45.7. The van der Waals surface area contributed by atoms with E-state index in [-0.39, 0.29) is 57.0 Å². The maximum Gasteiger partial charge on any atom is 0.249 e. The largest absolute Gasteiger partial charge is 0.494 e. The molecule has 2 fully saturated rings. The number of aromatic nitrogens is 2. The third-order valence-corrected chi connectivity index (χ3v) is 14.5. The Morgan fingerprint density at radius 3 is 2.38 bits per heavy atom. The number of imide groups is 1. The highest BCUT2D eigenvalue weighted by molar-refractivity contribution is 6.34. The van der Waals surface area contributed by atoms with Crippen LogP contribution in [0.2, 0.25) is 5.02 Å². The molecule has 1 aromatic heterocycles. The van der Waals surface area contributed by atoms with E-state index in [0.29, 0.717) is 50.2 Å². The Morgan fingerprint density at radius 2 is 1.68 bits per heavy atom. The second kappa shape index (κ2) is 21.1. The van der Waals surface area contributed by atoms with Crippen LogP contribution in [0.15, 0.2) is 66.7 Å². The van der Waals surface area contributed by atoms with Gasteiger partial charge in [-0.3, -0.25) is 29.2 Å². The SMILES string of the molecule is COc1ccc(C(N)=O)c(-c2c(Cl)c(F)cc3c2C(C)C(CNC2CCN(C(=O)CCCCCCCCCNc4ccc5c(C6CCC(=O)NC6=O)nn(C)c5c4)CC2)(c2ccccc2)O3)c1F. The number of likely N-dealkylation sites (tertiary alicyclic amines) is 1. The number of amides is 4. The fourth-order valence-electron chi connectivity index (χ4n) is 10.3. The molecule has 3 unspecified atom stereocenters. The highest BCUT2D eigenvalue weighted by Gasteiger charge is 2.50. The minimum absolute atomic E-state index is 0.00365. The summed E-state index contributed by atoms with van der Waals surface area (Å²) in [6, 6.07) is 19.6. The molecule has 4 heterocycles. The second-order valence-corrected chi connectivity index (χ2v) is 18.7. The number of methoxy groups -OCH3 is 1. The molecular formula is C52H60ClF2N7O6. The molecule has 0 aliphatic carbocycles. The van der Waals surface area contributed by atoms with Gasteiger partial charge in [-0.25, -0.2) is 8.78 Å². The van der Waals surface area contributed by atoms with Gasteiger partial charge in [0.1, 0.15) is 11.6 Å². The van der Waals surface area contributed by atoms with Crippen molar-refractivity contribution in [1.29, 1.82) is 0 Å². The van der Waals surface area contributed by atoms with Crippen molar-refractivity contribution in [3.63, 3.8) is 0 Å². The quantitative estimate of drug-likeness (QED) is 0.0466. The summed E-state index contributed by atoms with van der Waals surface area (Å²) in [5.41, 5.74) is 8.18. The minimum atomic E-state index is -1.06. The van der Waals surface area contributed by atoms with Gasteiger partial charge in [0.15, 0.2) is 17.2 Å². The average Bonchev–Trinajstić information content (AvgIpc) is 3.81. The maximum absolute atomic E-state index is 16.2. The third-order valence-electron chi connectivity index (χ3n) is 14.1. The molecule has 8 rings (SSSR count). The Labute approximate surface area is 400 Å². The van der Waals surface area contributed by atoms with Crippen LogP contribution in [0.4, 0.5) is 14.5 Å². The van der Waals surface area contributed by atoms with E-state index in [1.54, 1.807) is 4.68 Å². The zero-order valence-electron chi connectivity index (χ0n) is 38.9. The number of anilines is 1. The fraction of sp³-hybridized carbons (Fsp3) is 0.442. The molecule has 2 saturated heterocycles. The summed E-state index contributed by atoms with van der Waals surface area (Å²) >= 11 is 6.67. The third kappa shape index (κ3) is 9.91. The number of ether oxygens (including phenoxy) is 2. The molecule has 5 aromatic rings. The van der Waals surface area contributed by atoms with Crippen molar-refractivity contribution < 1.29 is 37.4 Å². The summed E-state index contributed by atoms with van der Waals surface area (Å²) in [5.74, 6) is -3.84. The lowest BCUT2D eigenvalue weighted by atomic mass is 9.77. The van der Waals surface area contributed by atoms with Crippen molar-refractivity contribution >= 4 is 51.8 Å². The summed E-state index contributed by atoms with van der Waals surface area (Å²) in [5, 5.41) is 14.9. The first kappa shape index (κ1) is 48.4. The molecule has 0 saturated carbocycles. The van der Waals surface area contributed by atoms with Gasteiger partial charge in [0.25, 0.3) is 0 Å². The number of carbonyl (C=O) groups is 4. The Morgan fingerprint density at radius 1 is 0.956 bits per heavy atom. The lowest BCUT2D eigenvalue weighted by Gasteiger charge is -2.38. The molecule has 360 valence electrons. The van der Waals surface area contributed by atoms with Crippen molar-refractivity contribution in [2.45, 2.75) is 107 Å². The standard InChI is InChI=1S/C52H60ClF2N7O6/c1-31-44-41(29-38(54)47(53)46(44)45-36(50(56)65)19-21-40(67-3)48(45)55)68-52(31,32-14-10-9-11-15-32)30-58-33-23-26-62(27-24-33)43(64)16-12-7-5-4-6-8-13-25-57-34-17-18-35-39(28-34)61(2)60-49(35)37-20-22-42(63)59-51(37)66/h9-11,14-15,17-19,21,28-29,31,33,37,57-58H,4-8,12-13,16,20,22-27,30H2,1-3H3,(H2,56,65)(H,59,63,66). The van der Waals surface area contributed by atoms with Crippen LogP contribution in [-0.2, 0) is 27.0 Å². The van der Waals surface area contributed by atoms with E-state index in [9.17, 15) is 19.2 Å². The first-order valence-corrected chi connectivity index (χ1v) is 24.2. The molecule has 0 spiro atoms. The topological polar surface area (TPSA) is 170 Å². The van der Waals surface area contributed by atoms with E-state index in [4.69, 9.17) is 26.8 Å². The number of piperidine rings is 2. The number of primary amides is 1. The Kier molecular flexibility index (Phi) is 15.0. The summed E-state index contributed by atoms with van der Waals surface area (Å²) in [6.07, 6.45) is 10.2. The van der Waals surface area contributed by atoms with E-state index in [1.807, 2.05) is 61.3 Å². The van der Waals surface area contributed by atoms with Crippen LogP contribution in [-0.4, -0.2) is 77.6 Å². The molecule has 0 radical (unpaired) electrons. The molecule has 4 aromatic carbocycles. The van der Waals surface area contributed by atoms with E-state index in [2.05, 4.69) is 27.1 Å². The van der Waals surface area contributed by atoms with Crippen molar-refractivity contribution in [3.8, 4) is 22.6 Å². The number of benzene rings is 4. The number of unbranched alkanes of at least 4 members (excludes halogenated alkanes) is 6. The number of rotatable bonds is 19.